The van der Waals surface area contributed by atoms with E-state index in [4.69, 9.17) is 10.2 Å². The Bertz CT molecular complexity index is 196. The molecule has 0 spiro atoms. The quantitative estimate of drug-likeness (QED) is 0.620. The minimum atomic E-state index is -1.56. The van der Waals surface area contributed by atoms with Gasteiger partial charge in [-0.2, -0.15) is 0 Å². The van der Waals surface area contributed by atoms with Crippen LogP contribution in [0.1, 0.15) is 46.0 Å². The molecule has 0 aliphatic rings. The van der Waals surface area contributed by atoms with E-state index < -0.39 is 17.4 Å². The van der Waals surface area contributed by atoms with Gasteiger partial charge >= 0.3 is 11.9 Å². The van der Waals surface area contributed by atoms with Gasteiger partial charge in [0.2, 0.25) is 0 Å². The van der Waals surface area contributed by atoms with Gasteiger partial charge in [0.05, 0.1) is 0 Å². The van der Waals surface area contributed by atoms with Gasteiger partial charge in [-0.15, -0.1) is 0 Å². The first-order valence-corrected chi connectivity index (χ1v) is 4.98. The largest absolute Gasteiger partial charge is 0.480 e. The highest BCUT2D eigenvalue weighted by Crippen LogP contribution is 2.31. The van der Waals surface area contributed by atoms with Gasteiger partial charge in [0, 0.05) is 0 Å². The molecule has 0 radical (unpaired) electrons. The lowest BCUT2D eigenvalue weighted by Gasteiger charge is -2.23. The summed E-state index contributed by atoms with van der Waals surface area (Å²) in [7, 11) is 0. The molecule has 0 aromatic carbocycles. The summed E-state index contributed by atoms with van der Waals surface area (Å²) < 4.78 is 0. The maximum atomic E-state index is 11.0. The lowest BCUT2D eigenvalue weighted by Crippen LogP contribution is -2.39. The van der Waals surface area contributed by atoms with Crippen molar-refractivity contribution in [2.45, 2.75) is 46.0 Å². The first-order chi connectivity index (χ1) is 6.51. The Morgan fingerprint density at radius 3 is 1.79 bits per heavy atom. The van der Waals surface area contributed by atoms with E-state index in [1.54, 1.807) is 6.92 Å². The van der Waals surface area contributed by atoms with Crippen molar-refractivity contribution in [1.29, 1.82) is 0 Å². The van der Waals surface area contributed by atoms with Crippen molar-refractivity contribution in [3.05, 3.63) is 0 Å². The number of aliphatic carboxylic acids is 2. The Morgan fingerprint density at radius 2 is 1.50 bits per heavy atom. The lowest BCUT2D eigenvalue weighted by atomic mass is 9.79. The van der Waals surface area contributed by atoms with E-state index in [1.807, 2.05) is 6.92 Å². The molecule has 0 aliphatic heterocycles. The summed E-state index contributed by atoms with van der Waals surface area (Å²) in [5.74, 6) is -2.42. The maximum Gasteiger partial charge on any atom is 0.321 e. The molecule has 0 fully saturated rings. The van der Waals surface area contributed by atoms with Crippen LogP contribution >= 0.6 is 0 Å². The summed E-state index contributed by atoms with van der Waals surface area (Å²) in [4.78, 5) is 22.0. The molecule has 0 amide bonds. The van der Waals surface area contributed by atoms with Gasteiger partial charge in [0.25, 0.3) is 0 Å². The lowest BCUT2D eigenvalue weighted by molar-refractivity contribution is -0.166. The van der Waals surface area contributed by atoms with Crippen LogP contribution in [0.4, 0.5) is 0 Å². The minimum absolute atomic E-state index is 0.206. The van der Waals surface area contributed by atoms with Crippen molar-refractivity contribution in [3.63, 3.8) is 0 Å². The van der Waals surface area contributed by atoms with E-state index >= 15 is 0 Å². The molecule has 0 unspecified atom stereocenters. The van der Waals surface area contributed by atoms with Gasteiger partial charge in [-0.25, -0.2) is 0 Å². The van der Waals surface area contributed by atoms with E-state index in [1.165, 1.54) is 0 Å². The van der Waals surface area contributed by atoms with E-state index in [2.05, 4.69) is 0 Å². The van der Waals surface area contributed by atoms with Crippen LogP contribution in [0.3, 0.4) is 0 Å². The van der Waals surface area contributed by atoms with Gasteiger partial charge in [0.15, 0.2) is 5.41 Å². The second kappa shape index (κ2) is 5.62. The monoisotopic (exact) mass is 202 g/mol. The average molecular weight is 202 g/mol. The Hall–Kier alpha value is -1.06. The van der Waals surface area contributed by atoms with Crippen molar-refractivity contribution in [1.82, 2.24) is 0 Å². The van der Waals surface area contributed by atoms with Crippen molar-refractivity contribution >= 4 is 11.9 Å². The summed E-state index contributed by atoms with van der Waals surface area (Å²) in [5, 5.41) is 17.9. The van der Waals surface area contributed by atoms with Crippen LogP contribution < -0.4 is 0 Å². The van der Waals surface area contributed by atoms with Crippen LogP contribution in [0.25, 0.3) is 0 Å². The molecule has 0 aromatic rings. The van der Waals surface area contributed by atoms with E-state index in [9.17, 15) is 9.59 Å². The third kappa shape index (κ3) is 2.72. The third-order valence-electron chi connectivity index (χ3n) is 2.45. The van der Waals surface area contributed by atoms with E-state index in [-0.39, 0.29) is 12.8 Å². The Kier molecular flexibility index (Phi) is 5.20. The number of hydrogen-bond donors (Lipinski definition) is 2. The molecular weight excluding hydrogens is 184 g/mol. The third-order valence-corrected chi connectivity index (χ3v) is 2.45. The average Bonchev–Trinajstić information content (AvgIpc) is 2.11. The van der Waals surface area contributed by atoms with Crippen molar-refractivity contribution in [2.24, 2.45) is 5.41 Å². The summed E-state index contributed by atoms with van der Waals surface area (Å²) in [6, 6.07) is 0. The van der Waals surface area contributed by atoms with Gasteiger partial charge in [-0.3, -0.25) is 9.59 Å². The van der Waals surface area contributed by atoms with Crippen LogP contribution in [-0.4, -0.2) is 22.2 Å². The first kappa shape index (κ1) is 12.9. The zero-order chi connectivity index (χ0) is 11.2. The second-order valence-corrected chi connectivity index (χ2v) is 3.55. The van der Waals surface area contributed by atoms with Gasteiger partial charge in [-0.05, 0) is 12.8 Å². The molecule has 0 rings (SSSR count). The number of unbranched alkanes of at least 4 members (excludes halogenated alkanes) is 1. The predicted molar refractivity (Wildman–Crippen MR) is 52.1 cm³/mol. The summed E-state index contributed by atoms with van der Waals surface area (Å²) in [6.07, 6.45) is 2.45. The zero-order valence-corrected chi connectivity index (χ0v) is 8.75. The predicted octanol–water partition coefficient (Wildman–Crippen LogP) is 2.13. The molecule has 0 bridgehead atoms. The van der Waals surface area contributed by atoms with Crippen molar-refractivity contribution < 1.29 is 19.8 Å². The fourth-order valence-corrected chi connectivity index (χ4v) is 1.55. The SMILES string of the molecule is CCCCC(CCC)(C(=O)O)C(=O)O. The molecule has 0 saturated heterocycles. The van der Waals surface area contributed by atoms with Crippen molar-refractivity contribution in [2.75, 3.05) is 0 Å². The molecule has 4 nitrogen and oxygen atoms in total. The molecule has 0 aliphatic carbocycles. The number of carboxylic acids is 2. The molecule has 0 aromatic heterocycles. The van der Waals surface area contributed by atoms with E-state index in [0.717, 1.165) is 6.42 Å². The van der Waals surface area contributed by atoms with Crippen LogP contribution in [0.5, 0.6) is 0 Å². The molecule has 4 heteroatoms. The highest BCUT2D eigenvalue weighted by atomic mass is 16.4. The van der Waals surface area contributed by atoms with E-state index in [0.29, 0.717) is 12.8 Å². The molecule has 0 atom stereocenters. The first-order valence-electron chi connectivity index (χ1n) is 4.98. The molecule has 14 heavy (non-hydrogen) atoms. The second-order valence-electron chi connectivity index (χ2n) is 3.55. The minimum Gasteiger partial charge on any atom is -0.480 e. The molecule has 82 valence electrons. The van der Waals surface area contributed by atoms with Crippen LogP contribution in [0.2, 0.25) is 0 Å². The zero-order valence-electron chi connectivity index (χ0n) is 8.75. The smallest absolute Gasteiger partial charge is 0.321 e. The topological polar surface area (TPSA) is 74.6 Å². The van der Waals surface area contributed by atoms with Crippen LogP contribution in [0.15, 0.2) is 0 Å². The Labute approximate surface area is 83.9 Å². The number of carboxylic acid groups (broad SMARTS) is 2. The number of rotatable bonds is 7. The van der Waals surface area contributed by atoms with Gasteiger partial charge in [-0.1, -0.05) is 33.1 Å². The Balaban J connectivity index is 4.75. The van der Waals surface area contributed by atoms with Gasteiger partial charge < -0.3 is 10.2 Å². The molecular formula is C10H18O4. The van der Waals surface area contributed by atoms with Crippen molar-refractivity contribution in [3.8, 4) is 0 Å². The highest BCUT2D eigenvalue weighted by molar-refractivity contribution is 5.98. The molecule has 0 saturated carbocycles. The standard InChI is InChI=1S/C10H18O4/c1-3-5-7-10(6-4-2,8(11)12)9(13)14/h3-7H2,1-2H3,(H,11,12)(H,13,14). The number of hydrogen-bond acceptors (Lipinski definition) is 2. The normalized spacial score (nSPS) is 11.3. The van der Waals surface area contributed by atoms with Crippen LogP contribution in [-0.2, 0) is 9.59 Å². The van der Waals surface area contributed by atoms with Crippen LogP contribution in [0, 0.1) is 5.41 Å². The highest BCUT2D eigenvalue weighted by Gasteiger charge is 2.44. The maximum absolute atomic E-state index is 11.0. The molecule has 2 N–H and O–H groups in total. The molecule has 0 heterocycles. The fraction of sp³-hybridized carbons (Fsp3) is 0.800. The summed E-state index contributed by atoms with van der Waals surface area (Å²) in [5.41, 5.74) is -1.56. The number of carbonyl (C=O) groups is 2. The summed E-state index contributed by atoms with van der Waals surface area (Å²) in [6.45, 7) is 3.72. The van der Waals surface area contributed by atoms with Gasteiger partial charge in [0.1, 0.15) is 0 Å². The fourth-order valence-electron chi connectivity index (χ4n) is 1.55. The summed E-state index contributed by atoms with van der Waals surface area (Å²) >= 11 is 0. The Morgan fingerprint density at radius 1 is 1.00 bits per heavy atom.